The van der Waals surface area contributed by atoms with E-state index in [0.717, 1.165) is 23.7 Å². The molecule has 0 spiro atoms. The Morgan fingerprint density at radius 3 is 2.65 bits per heavy atom. The molecule has 1 aliphatic heterocycles. The number of hydrogen-bond donors (Lipinski definition) is 1. The maximum atomic E-state index is 12.2. The predicted octanol–water partition coefficient (Wildman–Crippen LogP) is 4.26. The van der Waals surface area contributed by atoms with Gasteiger partial charge in [0.15, 0.2) is 10.4 Å². The van der Waals surface area contributed by atoms with Crippen molar-refractivity contribution in [3.05, 3.63) is 57.4 Å². The Balaban J connectivity index is 1.74. The van der Waals surface area contributed by atoms with E-state index in [1.54, 1.807) is 12.1 Å². The van der Waals surface area contributed by atoms with Crippen molar-refractivity contribution in [1.82, 2.24) is 10.2 Å². The van der Waals surface area contributed by atoms with Crippen LogP contribution in [-0.2, 0) is 0 Å². The lowest BCUT2D eigenvalue weighted by molar-refractivity contribution is 0.0909. The van der Waals surface area contributed by atoms with Gasteiger partial charge in [0.2, 0.25) is 0 Å². The van der Waals surface area contributed by atoms with Gasteiger partial charge in [-0.1, -0.05) is 29.8 Å². The zero-order chi connectivity index (χ0) is 16.2. The van der Waals surface area contributed by atoms with Crippen LogP contribution in [0.5, 0.6) is 0 Å². The van der Waals surface area contributed by atoms with Crippen LogP contribution in [0.25, 0.3) is 0 Å². The quantitative estimate of drug-likeness (QED) is 0.820. The van der Waals surface area contributed by atoms with E-state index in [0.29, 0.717) is 17.0 Å². The molecule has 0 unspecified atom stereocenters. The van der Waals surface area contributed by atoms with Gasteiger partial charge in [0.1, 0.15) is 0 Å². The topological polar surface area (TPSA) is 45.5 Å². The third kappa shape index (κ3) is 3.97. The van der Waals surface area contributed by atoms with Gasteiger partial charge in [0.25, 0.3) is 5.91 Å². The smallest absolute Gasteiger partial charge is 0.287 e. The van der Waals surface area contributed by atoms with Gasteiger partial charge in [0.05, 0.1) is 6.04 Å². The maximum absolute atomic E-state index is 12.2. The fourth-order valence-corrected chi connectivity index (χ4v) is 3.52. The third-order valence-electron chi connectivity index (χ3n) is 4.10. The summed E-state index contributed by atoms with van der Waals surface area (Å²) in [5, 5.41) is 3.70. The van der Waals surface area contributed by atoms with Crippen molar-refractivity contribution in [3.63, 3.8) is 0 Å². The van der Waals surface area contributed by atoms with E-state index in [9.17, 15) is 4.79 Å². The summed E-state index contributed by atoms with van der Waals surface area (Å²) in [6.07, 6.45) is 2.36. The first-order valence-electron chi connectivity index (χ1n) is 7.67. The number of halogens is 2. The van der Waals surface area contributed by atoms with Crippen LogP contribution in [0, 0.1) is 0 Å². The average molecular weight is 398 g/mol. The van der Waals surface area contributed by atoms with Gasteiger partial charge in [-0.2, -0.15) is 0 Å². The third-order valence-corrected chi connectivity index (χ3v) is 4.87. The highest BCUT2D eigenvalue weighted by Gasteiger charge is 2.26. The van der Waals surface area contributed by atoms with Gasteiger partial charge >= 0.3 is 0 Å². The van der Waals surface area contributed by atoms with Gasteiger partial charge in [-0.15, -0.1) is 0 Å². The van der Waals surface area contributed by atoms with E-state index >= 15 is 0 Å². The van der Waals surface area contributed by atoms with Gasteiger partial charge in [-0.25, -0.2) is 0 Å². The van der Waals surface area contributed by atoms with E-state index < -0.39 is 0 Å². The van der Waals surface area contributed by atoms with Gasteiger partial charge in [-0.3, -0.25) is 9.69 Å². The average Bonchev–Trinajstić information content (AvgIpc) is 3.21. The zero-order valence-corrected chi connectivity index (χ0v) is 14.9. The number of furan rings is 1. The second-order valence-electron chi connectivity index (χ2n) is 5.59. The van der Waals surface area contributed by atoms with E-state index in [1.165, 1.54) is 12.8 Å². The number of rotatable bonds is 5. The predicted molar refractivity (Wildman–Crippen MR) is 93.7 cm³/mol. The number of nitrogens with one attached hydrogen (secondary N) is 1. The van der Waals surface area contributed by atoms with Crippen molar-refractivity contribution in [1.29, 1.82) is 0 Å². The lowest BCUT2D eigenvalue weighted by Gasteiger charge is -2.28. The Morgan fingerprint density at radius 2 is 2.00 bits per heavy atom. The van der Waals surface area contributed by atoms with Crippen LogP contribution in [0.4, 0.5) is 0 Å². The maximum Gasteiger partial charge on any atom is 0.287 e. The van der Waals surface area contributed by atoms with Crippen LogP contribution < -0.4 is 5.32 Å². The summed E-state index contributed by atoms with van der Waals surface area (Å²) in [5.74, 6) is 0.0863. The summed E-state index contributed by atoms with van der Waals surface area (Å²) in [7, 11) is 0. The molecular weight excluding hydrogens is 380 g/mol. The first-order valence-corrected chi connectivity index (χ1v) is 8.84. The van der Waals surface area contributed by atoms with Crippen LogP contribution in [-0.4, -0.2) is 30.4 Å². The Kier molecular flexibility index (Phi) is 5.41. The molecule has 2 heterocycles. The SMILES string of the molecule is O=C(NC[C@@H](c1ccccc1Cl)N1CCCC1)c1ccc(Br)o1. The van der Waals surface area contributed by atoms with Crippen LogP contribution in [0.2, 0.25) is 5.02 Å². The van der Waals surface area contributed by atoms with Crippen molar-refractivity contribution in [2.75, 3.05) is 19.6 Å². The summed E-state index contributed by atoms with van der Waals surface area (Å²) in [5.41, 5.74) is 1.05. The largest absolute Gasteiger partial charge is 0.444 e. The molecular formula is C17H18BrClN2O2. The molecule has 0 radical (unpaired) electrons. The summed E-state index contributed by atoms with van der Waals surface area (Å²) < 4.78 is 5.84. The molecule has 23 heavy (non-hydrogen) atoms. The molecule has 1 aromatic carbocycles. The number of benzene rings is 1. The first kappa shape index (κ1) is 16.6. The first-order chi connectivity index (χ1) is 11.1. The van der Waals surface area contributed by atoms with Crippen molar-refractivity contribution in [2.45, 2.75) is 18.9 Å². The molecule has 2 aromatic rings. The molecule has 122 valence electrons. The Hall–Kier alpha value is -1.30. The fraction of sp³-hybridized carbons (Fsp3) is 0.353. The minimum absolute atomic E-state index is 0.0774. The molecule has 0 aliphatic carbocycles. The molecule has 1 aliphatic rings. The minimum Gasteiger partial charge on any atom is -0.444 e. The number of likely N-dealkylation sites (tertiary alicyclic amines) is 1. The molecule has 1 N–H and O–H groups in total. The van der Waals surface area contributed by atoms with E-state index in [1.807, 2.05) is 24.3 Å². The lowest BCUT2D eigenvalue weighted by Crippen LogP contribution is -2.36. The van der Waals surface area contributed by atoms with E-state index in [4.69, 9.17) is 16.0 Å². The van der Waals surface area contributed by atoms with Gasteiger partial charge < -0.3 is 9.73 Å². The molecule has 3 rings (SSSR count). The van der Waals surface area contributed by atoms with Crippen LogP contribution >= 0.6 is 27.5 Å². The lowest BCUT2D eigenvalue weighted by atomic mass is 10.1. The van der Waals surface area contributed by atoms with Crippen molar-refractivity contribution in [3.8, 4) is 0 Å². The van der Waals surface area contributed by atoms with E-state index in [2.05, 4.69) is 26.1 Å². The molecule has 1 saturated heterocycles. The molecule has 1 fully saturated rings. The highest BCUT2D eigenvalue weighted by Crippen LogP contribution is 2.29. The molecule has 1 atom stereocenters. The molecule has 0 saturated carbocycles. The van der Waals surface area contributed by atoms with Crippen molar-refractivity contribution in [2.24, 2.45) is 0 Å². The van der Waals surface area contributed by atoms with Gasteiger partial charge in [-0.05, 0) is 65.6 Å². The Morgan fingerprint density at radius 1 is 1.26 bits per heavy atom. The number of nitrogens with zero attached hydrogens (tertiary/aromatic N) is 1. The molecule has 6 heteroatoms. The molecule has 1 aromatic heterocycles. The van der Waals surface area contributed by atoms with Crippen LogP contribution in [0.3, 0.4) is 0 Å². The summed E-state index contributed by atoms with van der Waals surface area (Å²) in [4.78, 5) is 14.6. The van der Waals surface area contributed by atoms with E-state index in [-0.39, 0.29) is 11.9 Å². The minimum atomic E-state index is -0.216. The Bertz CT molecular complexity index is 683. The van der Waals surface area contributed by atoms with Crippen LogP contribution in [0.1, 0.15) is 35.0 Å². The second kappa shape index (κ2) is 7.51. The number of carbonyl (C=O) groups is 1. The van der Waals surface area contributed by atoms with Crippen molar-refractivity contribution >= 4 is 33.4 Å². The monoisotopic (exact) mass is 396 g/mol. The van der Waals surface area contributed by atoms with Crippen LogP contribution in [0.15, 0.2) is 45.5 Å². The Labute approximate surface area is 148 Å². The number of amides is 1. The zero-order valence-electron chi connectivity index (χ0n) is 12.6. The van der Waals surface area contributed by atoms with Crippen molar-refractivity contribution < 1.29 is 9.21 Å². The molecule has 4 nitrogen and oxygen atoms in total. The summed E-state index contributed by atoms with van der Waals surface area (Å²) >= 11 is 9.58. The standard InChI is InChI=1S/C17H18BrClN2O2/c18-16-8-7-15(23-16)17(22)20-11-14(21-9-3-4-10-21)12-5-1-2-6-13(12)19/h1-2,5-8,14H,3-4,9-11H2,(H,20,22)/t14-/m0/s1. The highest BCUT2D eigenvalue weighted by molar-refractivity contribution is 9.10. The normalized spacial score (nSPS) is 16.4. The highest BCUT2D eigenvalue weighted by atomic mass is 79.9. The molecule has 0 bridgehead atoms. The summed E-state index contributed by atoms with van der Waals surface area (Å²) in [6, 6.07) is 11.3. The second-order valence-corrected chi connectivity index (χ2v) is 6.78. The number of hydrogen-bond acceptors (Lipinski definition) is 3. The summed E-state index contributed by atoms with van der Waals surface area (Å²) in [6.45, 7) is 2.55. The molecule has 1 amide bonds. The fourth-order valence-electron chi connectivity index (χ4n) is 2.95. The number of carbonyl (C=O) groups excluding carboxylic acids is 1. The van der Waals surface area contributed by atoms with Gasteiger partial charge in [0, 0.05) is 11.6 Å².